The minimum atomic E-state index is -2.03. The van der Waals surface area contributed by atoms with Crippen molar-refractivity contribution in [3.63, 3.8) is 0 Å². The molecule has 0 aliphatic heterocycles. The smallest absolute Gasteiger partial charge is 0.267 e. The molecule has 1 amide bonds. The number of hydrogen-bond donors (Lipinski definition) is 2. The Morgan fingerprint density at radius 3 is 2.92 bits per heavy atom. The number of carbonyl (C=O) groups excluding carboxylic acids is 1. The number of aromatic nitrogens is 2. The molecule has 0 saturated heterocycles. The molecule has 1 aromatic rings. The van der Waals surface area contributed by atoms with Crippen LogP contribution < -0.4 is 5.73 Å². The Kier molecular flexibility index (Phi) is 3.04. The summed E-state index contributed by atoms with van der Waals surface area (Å²) in [6.07, 6.45) is 2.45. The van der Waals surface area contributed by atoms with Crippen LogP contribution in [0.4, 0.5) is 0 Å². The van der Waals surface area contributed by atoms with Gasteiger partial charge in [0.1, 0.15) is 12.0 Å². The van der Waals surface area contributed by atoms with Crippen molar-refractivity contribution in [2.24, 2.45) is 5.73 Å². The van der Waals surface area contributed by atoms with Gasteiger partial charge >= 0.3 is 0 Å². The van der Waals surface area contributed by atoms with Crippen LogP contribution in [-0.2, 0) is 16.8 Å². The van der Waals surface area contributed by atoms with Crippen LogP contribution in [0.25, 0.3) is 0 Å². The van der Waals surface area contributed by atoms with Crippen molar-refractivity contribution >= 4 is 17.0 Å². The minimum Gasteiger partial charge on any atom is -0.364 e. The lowest BCUT2D eigenvalue weighted by Crippen LogP contribution is -2.16. The second-order valence-corrected chi connectivity index (χ2v) is 3.16. The predicted molar refractivity (Wildman–Crippen MR) is 45.0 cm³/mol. The van der Waals surface area contributed by atoms with Crippen molar-refractivity contribution in [1.29, 1.82) is 0 Å². The SMILES string of the molecule is NC(=O)c1ncncc1CS(=O)O. The van der Waals surface area contributed by atoms with Gasteiger partial charge in [0.05, 0.1) is 5.75 Å². The first-order valence-electron chi connectivity index (χ1n) is 3.27. The third-order valence-electron chi connectivity index (χ3n) is 1.30. The van der Waals surface area contributed by atoms with E-state index >= 15 is 0 Å². The zero-order valence-electron chi connectivity index (χ0n) is 6.51. The first-order chi connectivity index (χ1) is 6.11. The standard InChI is InChI=1S/C6H7N3O3S/c7-6(10)5-4(2-13(11)12)1-8-3-9-5/h1,3H,2H2,(H2,7,10)(H,11,12). The van der Waals surface area contributed by atoms with E-state index in [-0.39, 0.29) is 17.0 Å². The van der Waals surface area contributed by atoms with Gasteiger partial charge in [-0.15, -0.1) is 0 Å². The van der Waals surface area contributed by atoms with Crippen LogP contribution in [0.1, 0.15) is 16.1 Å². The lowest BCUT2D eigenvalue weighted by Gasteiger charge is -2.00. The van der Waals surface area contributed by atoms with Gasteiger partial charge in [0, 0.05) is 11.8 Å². The Balaban J connectivity index is 3.04. The summed E-state index contributed by atoms with van der Waals surface area (Å²) >= 11 is -2.03. The highest BCUT2D eigenvalue weighted by molar-refractivity contribution is 7.78. The molecule has 13 heavy (non-hydrogen) atoms. The molecule has 0 spiro atoms. The Labute approximate surface area is 76.5 Å². The van der Waals surface area contributed by atoms with Gasteiger partial charge in [-0.1, -0.05) is 0 Å². The van der Waals surface area contributed by atoms with Crippen molar-refractivity contribution in [2.45, 2.75) is 5.75 Å². The highest BCUT2D eigenvalue weighted by Gasteiger charge is 2.10. The van der Waals surface area contributed by atoms with Gasteiger partial charge in [0.25, 0.3) is 5.91 Å². The topological polar surface area (TPSA) is 106 Å². The molecule has 6 nitrogen and oxygen atoms in total. The maximum Gasteiger partial charge on any atom is 0.267 e. The van der Waals surface area contributed by atoms with E-state index in [0.717, 1.165) is 6.33 Å². The fourth-order valence-corrected chi connectivity index (χ4v) is 1.30. The molecule has 0 radical (unpaired) electrons. The van der Waals surface area contributed by atoms with Crippen molar-refractivity contribution in [3.8, 4) is 0 Å². The fraction of sp³-hybridized carbons (Fsp3) is 0.167. The summed E-state index contributed by atoms with van der Waals surface area (Å²) < 4.78 is 19.0. The lowest BCUT2D eigenvalue weighted by molar-refractivity contribution is 0.0994. The molecule has 0 aliphatic carbocycles. The van der Waals surface area contributed by atoms with Gasteiger partial charge in [-0.2, -0.15) is 0 Å². The largest absolute Gasteiger partial charge is 0.364 e. The number of primary amides is 1. The van der Waals surface area contributed by atoms with E-state index in [1.54, 1.807) is 0 Å². The second-order valence-electron chi connectivity index (χ2n) is 2.23. The summed E-state index contributed by atoms with van der Waals surface area (Å²) in [5.41, 5.74) is 5.24. The van der Waals surface area contributed by atoms with Gasteiger partial charge < -0.3 is 10.3 Å². The predicted octanol–water partition coefficient (Wildman–Crippen LogP) is -0.703. The zero-order chi connectivity index (χ0) is 9.84. The van der Waals surface area contributed by atoms with E-state index in [2.05, 4.69) is 9.97 Å². The maximum absolute atomic E-state index is 10.8. The van der Waals surface area contributed by atoms with Crippen molar-refractivity contribution in [1.82, 2.24) is 9.97 Å². The minimum absolute atomic E-state index is 0.0163. The normalized spacial score (nSPS) is 12.4. The van der Waals surface area contributed by atoms with E-state index in [0.29, 0.717) is 0 Å². The average molecular weight is 201 g/mol. The van der Waals surface area contributed by atoms with Crippen molar-refractivity contribution in [3.05, 3.63) is 23.8 Å². The second kappa shape index (κ2) is 4.06. The molecule has 3 N–H and O–H groups in total. The molecule has 0 bridgehead atoms. The van der Waals surface area contributed by atoms with Crippen LogP contribution in [0, 0.1) is 0 Å². The number of rotatable bonds is 3. The Morgan fingerprint density at radius 2 is 2.38 bits per heavy atom. The van der Waals surface area contributed by atoms with Crippen LogP contribution in [0.5, 0.6) is 0 Å². The molecule has 1 aromatic heterocycles. The van der Waals surface area contributed by atoms with Crippen LogP contribution in [0.15, 0.2) is 12.5 Å². The summed E-state index contributed by atoms with van der Waals surface area (Å²) in [7, 11) is 0. The lowest BCUT2D eigenvalue weighted by atomic mass is 10.2. The number of hydrogen-bond acceptors (Lipinski definition) is 4. The molecule has 1 rings (SSSR count). The van der Waals surface area contributed by atoms with Crippen LogP contribution in [0.3, 0.4) is 0 Å². The Bertz CT molecular complexity index is 355. The van der Waals surface area contributed by atoms with E-state index in [4.69, 9.17) is 10.3 Å². The summed E-state index contributed by atoms with van der Waals surface area (Å²) in [5.74, 6) is -0.929. The third-order valence-corrected chi connectivity index (χ3v) is 1.86. The highest BCUT2D eigenvalue weighted by Crippen LogP contribution is 2.04. The number of carbonyl (C=O) groups is 1. The fourth-order valence-electron chi connectivity index (χ4n) is 0.819. The monoisotopic (exact) mass is 201 g/mol. The van der Waals surface area contributed by atoms with Crippen molar-refractivity contribution < 1.29 is 13.6 Å². The molecule has 7 heteroatoms. The molecule has 0 aromatic carbocycles. The molecule has 0 aliphatic rings. The molecule has 1 atom stereocenters. The van der Waals surface area contributed by atoms with Crippen LogP contribution in [-0.4, -0.2) is 24.6 Å². The van der Waals surface area contributed by atoms with Gasteiger partial charge in [-0.25, -0.2) is 14.2 Å². The van der Waals surface area contributed by atoms with Gasteiger partial charge in [-0.3, -0.25) is 4.79 Å². The van der Waals surface area contributed by atoms with Gasteiger partial charge in [0.15, 0.2) is 11.1 Å². The molecule has 70 valence electrons. The molecule has 0 saturated carbocycles. The molecular weight excluding hydrogens is 194 g/mol. The van der Waals surface area contributed by atoms with Crippen LogP contribution >= 0.6 is 0 Å². The molecule has 1 heterocycles. The van der Waals surface area contributed by atoms with Crippen LogP contribution in [0.2, 0.25) is 0 Å². The third kappa shape index (κ3) is 2.56. The molecule has 0 fully saturated rings. The van der Waals surface area contributed by atoms with E-state index in [1.807, 2.05) is 0 Å². The van der Waals surface area contributed by atoms with E-state index in [1.165, 1.54) is 6.20 Å². The quantitative estimate of drug-likeness (QED) is 0.629. The molecular formula is C6H7N3O3S. The van der Waals surface area contributed by atoms with Gasteiger partial charge in [-0.05, 0) is 0 Å². The first kappa shape index (κ1) is 9.75. The zero-order valence-corrected chi connectivity index (χ0v) is 7.32. The maximum atomic E-state index is 10.8. The average Bonchev–Trinajstić information content (AvgIpc) is 2.03. The first-order valence-corrected chi connectivity index (χ1v) is 4.55. The van der Waals surface area contributed by atoms with E-state index < -0.39 is 17.0 Å². The number of nitrogens with two attached hydrogens (primary N) is 1. The Morgan fingerprint density at radius 1 is 1.69 bits per heavy atom. The Hall–Kier alpha value is -1.34. The highest BCUT2D eigenvalue weighted by atomic mass is 32.2. The summed E-state index contributed by atoms with van der Waals surface area (Å²) in [4.78, 5) is 18.0. The summed E-state index contributed by atoms with van der Waals surface area (Å²) in [6.45, 7) is 0. The molecule has 1 unspecified atom stereocenters. The van der Waals surface area contributed by atoms with E-state index in [9.17, 15) is 9.00 Å². The van der Waals surface area contributed by atoms with Gasteiger partial charge in [0.2, 0.25) is 0 Å². The number of amides is 1. The summed E-state index contributed by atoms with van der Waals surface area (Å²) in [6, 6.07) is 0. The number of nitrogens with zero attached hydrogens (tertiary/aromatic N) is 2. The van der Waals surface area contributed by atoms with Crippen molar-refractivity contribution in [2.75, 3.05) is 0 Å². The summed E-state index contributed by atoms with van der Waals surface area (Å²) in [5, 5.41) is 0.